The molecule has 4 rings (SSSR count). The molecule has 0 radical (unpaired) electrons. The van der Waals surface area contributed by atoms with Crippen LogP contribution in [0.2, 0.25) is 0 Å². The summed E-state index contributed by atoms with van der Waals surface area (Å²) < 4.78 is 7.56. The van der Waals surface area contributed by atoms with Gasteiger partial charge in [0.25, 0.3) is 0 Å². The van der Waals surface area contributed by atoms with E-state index in [0.29, 0.717) is 0 Å². The van der Waals surface area contributed by atoms with Crippen LogP contribution >= 0.6 is 23.7 Å². The molecule has 1 aliphatic rings. The van der Waals surface area contributed by atoms with Crippen molar-refractivity contribution in [3.8, 4) is 5.75 Å². The van der Waals surface area contributed by atoms with E-state index < -0.39 is 0 Å². The number of quaternary nitrogens is 1. The van der Waals surface area contributed by atoms with Crippen LogP contribution in [-0.2, 0) is 11.3 Å². The Morgan fingerprint density at radius 3 is 2.63 bits per heavy atom. The molecule has 0 amide bonds. The molecule has 4 nitrogen and oxygen atoms in total. The summed E-state index contributed by atoms with van der Waals surface area (Å²) in [5.74, 6) is 3.08. The van der Waals surface area contributed by atoms with Gasteiger partial charge in [-0.2, -0.15) is 0 Å². The van der Waals surface area contributed by atoms with Gasteiger partial charge in [-0.25, -0.2) is 4.79 Å². The molecule has 0 bridgehead atoms. The standard InChI is InChI=1S/C24H27N2O2S.ClH/c1-28-21-7-8-24-22(15-21)23(18-29-24)20(17-27)9-12-26(13-10-25-11-14-26)16-19-5-3-2-4-6-19;/h2-8,15,18,25H,9-14,16H2,1H3;1H/q+1;. The second-order valence-electron chi connectivity index (χ2n) is 7.75. The zero-order valence-corrected chi connectivity index (χ0v) is 18.9. The molecule has 1 N–H and O–H groups in total. The van der Waals surface area contributed by atoms with E-state index >= 15 is 0 Å². The van der Waals surface area contributed by atoms with Crippen LogP contribution in [0.1, 0.15) is 17.5 Å². The number of piperazine rings is 1. The number of ether oxygens (including phenoxy) is 1. The highest BCUT2D eigenvalue weighted by molar-refractivity contribution is 7.17. The van der Waals surface area contributed by atoms with Crippen LogP contribution in [0, 0.1) is 0 Å². The molecule has 1 aliphatic heterocycles. The lowest BCUT2D eigenvalue weighted by atomic mass is 10.0. The third-order valence-corrected chi connectivity index (χ3v) is 6.92. The van der Waals surface area contributed by atoms with Crippen LogP contribution in [0.25, 0.3) is 15.7 Å². The molecule has 6 heteroatoms. The number of nitrogens with one attached hydrogen (secondary N) is 1. The maximum atomic E-state index is 11.9. The fourth-order valence-electron chi connectivity index (χ4n) is 4.26. The van der Waals surface area contributed by atoms with Crippen LogP contribution < -0.4 is 10.1 Å². The van der Waals surface area contributed by atoms with Gasteiger partial charge in [0.05, 0.1) is 32.3 Å². The Morgan fingerprint density at radius 1 is 1.17 bits per heavy atom. The highest BCUT2D eigenvalue weighted by atomic mass is 35.5. The Hall–Kier alpha value is -2.14. The second-order valence-corrected chi connectivity index (χ2v) is 8.66. The first kappa shape index (κ1) is 22.5. The maximum absolute atomic E-state index is 11.9. The molecular weight excluding hydrogens is 416 g/mol. The predicted octanol–water partition coefficient (Wildman–Crippen LogP) is 4.56. The lowest BCUT2D eigenvalue weighted by Gasteiger charge is -2.42. The van der Waals surface area contributed by atoms with Gasteiger partial charge in [0.1, 0.15) is 18.2 Å². The Balaban J connectivity index is 0.00000256. The minimum absolute atomic E-state index is 0. The van der Waals surface area contributed by atoms with Crippen molar-refractivity contribution in [1.82, 2.24) is 5.32 Å². The van der Waals surface area contributed by atoms with E-state index in [4.69, 9.17) is 4.74 Å². The van der Waals surface area contributed by atoms with Gasteiger partial charge in [0, 0.05) is 46.1 Å². The van der Waals surface area contributed by atoms with Gasteiger partial charge in [-0.05, 0) is 18.2 Å². The average Bonchev–Trinajstić information content (AvgIpc) is 3.19. The van der Waals surface area contributed by atoms with Gasteiger partial charge in [0.15, 0.2) is 0 Å². The number of halogens is 1. The SMILES string of the molecule is COc1ccc2scc(C(=C=O)CC[N+]3(Cc4ccccc4)CCNCC3)c2c1.Cl. The number of rotatable bonds is 7. The number of thiophene rings is 1. The molecule has 3 aromatic rings. The van der Waals surface area contributed by atoms with Crippen LogP contribution in [0.3, 0.4) is 0 Å². The first-order valence-electron chi connectivity index (χ1n) is 10.1. The molecule has 158 valence electrons. The summed E-state index contributed by atoms with van der Waals surface area (Å²) in [6.45, 7) is 6.16. The maximum Gasteiger partial charge on any atom is 0.128 e. The highest BCUT2D eigenvalue weighted by Gasteiger charge is 2.30. The molecule has 0 saturated carbocycles. The lowest BCUT2D eigenvalue weighted by molar-refractivity contribution is -0.941. The first-order valence-corrected chi connectivity index (χ1v) is 11.0. The summed E-state index contributed by atoms with van der Waals surface area (Å²) in [7, 11) is 1.67. The third-order valence-electron chi connectivity index (χ3n) is 5.95. The molecule has 0 spiro atoms. The molecular formula is C24H28ClN2O2S+. The van der Waals surface area contributed by atoms with Gasteiger partial charge in [-0.3, -0.25) is 0 Å². The monoisotopic (exact) mass is 443 g/mol. The molecule has 1 saturated heterocycles. The predicted molar refractivity (Wildman–Crippen MR) is 127 cm³/mol. The molecule has 0 unspecified atom stereocenters. The van der Waals surface area contributed by atoms with Gasteiger partial charge < -0.3 is 14.5 Å². The smallest absolute Gasteiger partial charge is 0.128 e. The minimum Gasteiger partial charge on any atom is -0.497 e. The Bertz CT molecular complexity index is 1020. The van der Waals surface area contributed by atoms with Crippen molar-refractivity contribution in [3.05, 3.63) is 65.0 Å². The molecule has 2 aromatic carbocycles. The fraction of sp³-hybridized carbons (Fsp3) is 0.333. The fourth-order valence-corrected chi connectivity index (χ4v) is 5.22. The van der Waals surface area contributed by atoms with Gasteiger partial charge in [-0.1, -0.05) is 30.3 Å². The molecule has 2 heterocycles. The van der Waals surface area contributed by atoms with E-state index in [0.717, 1.165) is 72.4 Å². The van der Waals surface area contributed by atoms with Crippen LogP contribution in [0.15, 0.2) is 53.9 Å². The minimum atomic E-state index is 0. The number of benzene rings is 2. The van der Waals surface area contributed by atoms with Crippen LogP contribution in [0.4, 0.5) is 0 Å². The van der Waals surface area contributed by atoms with E-state index in [-0.39, 0.29) is 12.4 Å². The van der Waals surface area contributed by atoms with Crippen LogP contribution in [-0.4, -0.2) is 50.3 Å². The van der Waals surface area contributed by atoms with Crippen molar-refractivity contribution in [2.45, 2.75) is 13.0 Å². The van der Waals surface area contributed by atoms with Crippen molar-refractivity contribution < 1.29 is 14.0 Å². The lowest BCUT2D eigenvalue weighted by Crippen LogP contribution is -2.58. The van der Waals surface area contributed by atoms with E-state index in [1.54, 1.807) is 18.4 Å². The number of hydrogen-bond donors (Lipinski definition) is 1. The summed E-state index contributed by atoms with van der Waals surface area (Å²) in [4.78, 5) is 11.9. The Kier molecular flexibility index (Phi) is 7.70. The third kappa shape index (κ3) is 4.94. The van der Waals surface area contributed by atoms with Gasteiger partial charge >= 0.3 is 0 Å². The van der Waals surface area contributed by atoms with E-state index in [9.17, 15) is 4.79 Å². The quantitative estimate of drug-likeness (QED) is 0.430. The zero-order valence-electron chi connectivity index (χ0n) is 17.2. The molecule has 0 atom stereocenters. The van der Waals surface area contributed by atoms with Gasteiger partial charge in [-0.15, -0.1) is 23.7 Å². The van der Waals surface area contributed by atoms with Crippen LogP contribution in [0.5, 0.6) is 5.75 Å². The van der Waals surface area contributed by atoms with Crippen molar-refractivity contribution in [2.24, 2.45) is 0 Å². The van der Waals surface area contributed by atoms with E-state index in [1.807, 2.05) is 12.1 Å². The van der Waals surface area contributed by atoms with Crippen molar-refractivity contribution >= 4 is 45.3 Å². The van der Waals surface area contributed by atoms with E-state index in [2.05, 4.69) is 53.0 Å². The average molecular weight is 444 g/mol. The second kappa shape index (κ2) is 10.3. The van der Waals surface area contributed by atoms with E-state index in [1.165, 1.54) is 10.3 Å². The number of carbonyl (C=O) groups excluding carboxylic acids is 1. The zero-order chi connectivity index (χ0) is 20.1. The summed E-state index contributed by atoms with van der Waals surface area (Å²) in [5.41, 5.74) is 3.14. The summed E-state index contributed by atoms with van der Waals surface area (Å²) >= 11 is 1.67. The number of methoxy groups -OCH3 is 1. The molecule has 30 heavy (non-hydrogen) atoms. The normalized spacial score (nSPS) is 15.2. The molecule has 0 aliphatic carbocycles. The van der Waals surface area contributed by atoms with Crippen molar-refractivity contribution in [3.63, 3.8) is 0 Å². The Morgan fingerprint density at radius 2 is 1.93 bits per heavy atom. The number of fused-ring (bicyclic) bond motifs is 1. The van der Waals surface area contributed by atoms with Crippen molar-refractivity contribution in [1.29, 1.82) is 0 Å². The molecule has 1 aromatic heterocycles. The first-order chi connectivity index (χ1) is 14.2. The Labute approximate surface area is 188 Å². The van der Waals surface area contributed by atoms with Gasteiger partial charge in [0.2, 0.25) is 0 Å². The topological polar surface area (TPSA) is 38.3 Å². The van der Waals surface area contributed by atoms with Crippen molar-refractivity contribution in [2.75, 3.05) is 39.8 Å². The summed E-state index contributed by atoms with van der Waals surface area (Å²) in [5, 5.41) is 6.65. The summed E-state index contributed by atoms with van der Waals surface area (Å²) in [6, 6.07) is 16.7. The molecule has 1 fully saturated rings. The summed E-state index contributed by atoms with van der Waals surface area (Å²) in [6.07, 6.45) is 0.735. The highest BCUT2D eigenvalue weighted by Crippen LogP contribution is 2.34. The number of hydrogen-bond acceptors (Lipinski definition) is 4. The largest absolute Gasteiger partial charge is 0.497 e. The number of nitrogens with zero attached hydrogens (tertiary/aromatic N) is 1.